The number of carboxylic acids is 1. The van der Waals surface area contributed by atoms with Crippen LogP contribution < -0.4 is 5.73 Å². The van der Waals surface area contributed by atoms with Crippen LogP contribution in [0.1, 0.15) is 39.2 Å². The number of aliphatic carboxylic acids is 1. The molecule has 0 radical (unpaired) electrons. The summed E-state index contributed by atoms with van der Waals surface area (Å²) in [4.78, 5) is 9.96. The summed E-state index contributed by atoms with van der Waals surface area (Å²) < 4.78 is 30.0. The van der Waals surface area contributed by atoms with Crippen molar-refractivity contribution in [2.45, 2.75) is 44.6 Å². The second kappa shape index (κ2) is 8.11. The summed E-state index contributed by atoms with van der Waals surface area (Å²) in [5.41, 5.74) is 6.21. The van der Waals surface area contributed by atoms with Crippen LogP contribution in [0.25, 0.3) is 0 Å². The van der Waals surface area contributed by atoms with Crippen LogP contribution in [0.15, 0.2) is 29.2 Å². The number of hydrogen-bond acceptors (Lipinski definition) is 4. The van der Waals surface area contributed by atoms with E-state index >= 15 is 0 Å². The van der Waals surface area contributed by atoms with Crippen molar-refractivity contribution in [1.82, 2.24) is 0 Å². The van der Waals surface area contributed by atoms with E-state index in [1.807, 2.05) is 13.8 Å². The van der Waals surface area contributed by atoms with Gasteiger partial charge in [-0.3, -0.25) is 9.35 Å². The quantitative estimate of drug-likeness (QED) is 0.732. The van der Waals surface area contributed by atoms with E-state index in [9.17, 15) is 13.2 Å². The van der Waals surface area contributed by atoms with E-state index in [4.69, 9.17) is 15.4 Å². The first kappa shape index (κ1) is 19.6. The van der Waals surface area contributed by atoms with Crippen molar-refractivity contribution in [1.29, 1.82) is 0 Å². The molecule has 6 nitrogen and oxygen atoms in total. The van der Waals surface area contributed by atoms with Crippen molar-refractivity contribution in [2.75, 3.05) is 0 Å². The molecule has 0 aliphatic carbocycles. The van der Waals surface area contributed by atoms with E-state index in [1.165, 1.54) is 12.1 Å². The van der Waals surface area contributed by atoms with E-state index < -0.39 is 22.1 Å². The van der Waals surface area contributed by atoms with Crippen molar-refractivity contribution >= 4 is 16.1 Å². The van der Waals surface area contributed by atoms with Gasteiger partial charge in [0.2, 0.25) is 0 Å². The van der Waals surface area contributed by atoms with Gasteiger partial charge in [-0.2, -0.15) is 8.42 Å². The number of nitrogens with two attached hydrogens (primary N) is 1. The fourth-order valence-corrected chi connectivity index (χ4v) is 1.79. The molecule has 1 unspecified atom stereocenters. The topological polar surface area (TPSA) is 118 Å². The lowest BCUT2D eigenvalue weighted by molar-refractivity contribution is -0.139. The number of rotatable bonds is 4. The number of carboxylic acid groups (broad SMARTS) is 1. The summed E-state index contributed by atoms with van der Waals surface area (Å²) in [6, 6.07) is 5.51. The van der Waals surface area contributed by atoms with Gasteiger partial charge >= 0.3 is 5.97 Å². The Kier molecular flexibility index (Phi) is 7.56. The second-order valence-corrected chi connectivity index (χ2v) is 6.73. The molecule has 0 fully saturated rings. The van der Waals surface area contributed by atoms with E-state index in [0.29, 0.717) is 5.92 Å². The Hall–Kier alpha value is -1.44. The Morgan fingerprint density at radius 1 is 1.10 bits per heavy atom. The molecule has 0 aliphatic heterocycles. The van der Waals surface area contributed by atoms with Crippen molar-refractivity contribution in [3.05, 3.63) is 29.8 Å². The fourth-order valence-electron chi connectivity index (χ4n) is 1.31. The molecule has 0 aromatic heterocycles. The molecule has 0 saturated heterocycles. The maximum atomic E-state index is 10.7. The first-order chi connectivity index (χ1) is 9.46. The predicted octanol–water partition coefficient (Wildman–Crippen LogP) is 2.11. The van der Waals surface area contributed by atoms with Gasteiger partial charge in [-0.25, -0.2) is 0 Å². The zero-order valence-electron chi connectivity index (χ0n) is 12.6. The Balaban J connectivity index is 0.000000433. The molecule has 1 aromatic rings. The average molecular weight is 317 g/mol. The summed E-state index contributed by atoms with van der Waals surface area (Å²) in [7, 11) is -4.05. The molecule has 0 saturated carbocycles. The summed E-state index contributed by atoms with van der Waals surface area (Å²) in [6.07, 6.45) is 0. The van der Waals surface area contributed by atoms with Crippen molar-refractivity contribution in [2.24, 2.45) is 11.7 Å². The third-order valence-electron chi connectivity index (χ3n) is 2.85. The molecule has 0 spiro atoms. The highest BCUT2D eigenvalue weighted by atomic mass is 32.2. The SMILES string of the molecule is CC(C)C(N)C(=O)O.CC(C)c1ccc(S(=O)(=O)O)cc1. The molecule has 0 amide bonds. The molecule has 1 aromatic carbocycles. The lowest BCUT2D eigenvalue weighted by Crippen LogP contribution is -2.34. The zero-order valence-corrected chi connectivity index (χ0v) is 13.5. The van der Waals surface area contributed by atoms with E-state index in [2.05, 4.69) is 0 Å². The summed E-state index contributed by atoms with van der Waals surface area (Å²) in [6.45, 7) is 7.59. The summed E-state index contributed by atoms with van der Waals surface area (Å²) in [5, 5.41) is 8.23. The van der Waals surface area contributed by atoms with Crippen LogP contribution in [-0.2, 0) is 14.9 Å². The predicted molar refractivity (Wildman–Crippen MR) is 80.8 cm³/mol. The minimum atomic E-state index is -4.05. The molecular formula is C14H23NO5S. The molecule has 4 N–H and O–H groups in total. The lowest BCUT2D eigenvalue weighted by Gasteiger charge is -2.07. The Morgan fingerprint density at radius 3 is 1.71 bits per heavy atom. The highest BCUT2D eigenvalue weighted by molar-refractivity contribution is 7.85. The first-order valence-corrected chi connectivity index (χ1v) is 7.96. The van der Waals surface area contributed by atoms with Gasteiger partial charge in [-0.05, 0) is 29.5 Å². The van der Waals surface area contributed by atoms with E-state index in [-0.39, 0.29) is 10.8 Å². The second-order valence-electron chi connectivity index (χ2n) is 5.31. The third kappa shape index (κ3) is 7.22. The number of hydrogen-bond donors (Lipinski definition) is 3. The largest absolute Gasteiger partial charge is 0.480 e. The van der Waals surface area contributed by atoms with Gasteiger partial charge in [0.05, 0.1) is 4.90 Å². The highest BCUT2D eigenvalue weighted by Crippen LogP contribution is 2.16. The summed E-state index contributed by atoms with van der Waals surface area (Å²) in [5.74, 6) is -0.553. The third-order valence-corrected chi connectivity index (χ3v) is 3.72. The molecule has 0 aliphatic rings. The van der Waals surface area contributed by atoms with Gasteiger partial charge in [0.25, 0.3) is 10.1 Å². The van der Waals surface area contributed by atoms with E-state index in [0.717, 1.165) is 5.56 Å². The molecular weight excluding hydrogens is 294 g/mol. The van der Waals surface area contributed by atoms with Crippen molar-refractivity contribution in [3.8, 4) is 0 Å². The van der Waals surface area contributed by atoms with Gasteiger partial charge in [0.15, 0.2) is 0 Å². The van der Waals surface area contributed by atoms with E-state index in [1.54, 1.807) is 26.0 Å². The van der Waals surface area contributed by atoms with Gasteiger partial charge < -0.3 is 10.8 Å². The zero-order chi connectivity index (χ0) is 16.8. The highest BCUT2D eigenvalue weighted by Gasteiger charge is 2.14. The van der Waals surface area contributed by atoms with Crippen LogP contribution in [0.2, 0.25) is 0 Å². The van der Waals surface area contributed by atoms with Gasteiger partial charge in [-0.15, -0.1) is 0 Å². The summed E-state index contributed by atoms with van der Waals surface area (Å²) >= 11 is 0. The van der Waals surface area contributed by atoms with Gasteiger partial charge in [0.1, 0.15) is 6.04 Å². The maximum absolute atomic E-state index is 10.7. The molecule has 21 heavy (non-hydrogen) atoms. The molecule has 7 heteroatoms. The first-order valence-electron chi connectivity index (χ1n) is 6.52. The molecule has 0 heterocycles. The Morgan fingerprint density at radius 2 is 1.52 bits per heavy atom. The smallest absolute Gasteiger partial charge is 0.320 e. The Labute approximate surface area is 125 Å². The van der Waals surface area contributed by atoms with Crippen LogP contribution in [0.4, 0.5) is 0 Å². The minimum absolute atomic E-state index is 0.0208. The van der Waals surface area contributed by atoms with Crippen LogP contribution in [0, 0.1) is 5.92 Å². The maximum Gasteiger partial charge on any atom is 0.320 e. The number of benzene rings is 1. The van der Waals surface area contributed by atoms with Crippen LogP contribution in [0.3, 0.4) is 0 Å². The standard InChI is InChI=1S/C9H12O3S.C5H11NO2/c1-7(2)8-3-5-9(6-4-8)13(10,11)12;1-3(2)4(6)5(7)8/h3-7H,1-2H3,(H,10,11,12);3-4H,6H2,1-2H3,(H,7,8). The van der Waals surface area contributed by atoms with Crippen molar-refractivity contribution < 1.29 is 22.9 Å². The number of carbonyl (C=O) groups is 1. The van der Waals surface area contributed by atoms with Crippen LogP contribution >= 0.6 is 0 Å². The monoisotopic (exact) mass is 317 g/mol. The van der Waals surface area contributed by atoms with Gasteiger partial charge in [-0.1, -0.05) is 39.8 Å². The molecule has 120 valence electrons. The van der Waals surface area contributed by atoms with Crippen LogP contribution in [-0.4, -0.2) is 30.1 Å². The average Bonchev–Trinajstić information content (AvgIpc) is 2.37. The normalized spacial score (nSPS) is 12.8. The minimum Gasteiger partial charge on any atom is -0.480 e. The fraction of sp³-hybridized carbons (Fsp3) is 0.500. The Bertz CT molecular complexity index is 549. The molecule has 1 atom stereocenters. The molecule has 1 rings (SSSR count). The van der Waals surface area contributed by atoms with Crippen LogP contribution in [0.5, 0.6) is 0 Å². The van der Waals surface area contributed by atoms with Crippen molar-refractivity contribution in [3.63, 3.8) is 0 Å². The molecule has 0 bridgehead atoms. The van der Waals surface area contributed by atoms with Gasteiger partial charge in [0, 0.05) is 0 Å². The lowest BCUT2D eigenvalue weighted by atomic mass is 10.0.